The zero-order valence-electron chi connectivity index (χ0n) is 17.9. The molecule has 2 heterocycles. The molecule has 30 heavy (non-hydrogen) atoms. The molecule has 2 aromatic rings. The highest BCUT2D eigenvalue weighted by molar-refractivity contribution is 14.0. The SMILES string of the molecule is CCNC(=NCc1cccc(F)c1)NCC1CCN(Cc2csc(CC)n2)CC1.I. The van der Waals surface area contributed by atoms with E-state index in [4.69, 9.17) is 0 Å². The lowest BCUT2D eigenvalue weighted by atomic mass is 9.97. The van der Waals surface area contributed by atoms with Gasteiger partial charge in [0.05, 0.1) is 17.2 Å². The first-order valence-electron chi connectivity index (χ1n) is 10.6. The van der Waals surface area contributed by atoms with E-state index in [1.54, 1.807) is 17.4 Å². The molecule has 0 unspecified atom stereocenters. The smallest absolute Gasteiger partial charge is 0.191 e. The van der Waals surface area contributed by atoms with Gasteiger partial charge in [-0.2, -0.15) is 0 Å². The van der Waals surface area contributed by atoms with Gasteiger partial charge < -0.3 is 10.6 Å². The van der Waals surface area contributed by atoms with Crippen LogP contribution in [0, 0.1) is 11.7 Å². The van der Waals surface area contributed by atoms with Gasteiger partial charge in [0.2, 0.25) is 0 Å². The Hall–Kier alpha value is -1.26. The summed E-state index contributed by atoms with van der Waals surface area (Å²) in [7, 11) is 0. The minimum absolute atomic E-state index is 0. The highest BCUT2D eigenvalue weighted by atomic mass is 127. The van der Waals surface area contributed by atoms with Gasteiger partial charge in [-0.1, -0.05) is 19.1 Å². The van der Waals surface area contributed by atoms with Crippen LogP contribution < -0.4 is 10.6 Å². The van der Waals surface area contributed by atoms with Gasteiger partial charge in [-0.05, 0) is 62.9 Å². The second kappa shape index (κ2) is 13.2. The normalized spacial score (nSPS) is 15.6. The summed E-state index contributed by atoms with van der Waals surface area (Å²) in [6.07, 6.45) is 3.38. The van der Waals surface area contributed by atoms with E-state index in [1.165, 1.54) is 35.7 Å². The second-order valence-corrected chi connectivity index (χ2v) is 8.45. The molecule has 1 saturated heterocycles. The van der Waals surface area contributed by atoms with Crippen molar-refractivity contribution in [1.82, 2.24) is 20.5 Å². The molecule has 2 N–H and O–H groups in total. The molecule has 0 atom stereocenters. The number of benzene rings is 1. The molecule has 0 aliphatic carbocycles. The van der Waals surface area contributed by atoms with Crippen LogP contribution in [0.1, 0.15) is 43.0 Å². The van der Waals surface area contributed by atoms with Crippen molar-refractivity contribution < 1.29 is 4.39 Å². The number of nitrogens with one attached hydrogen (secondary N) is 2. The lowest BCUT2D eigenvalue weighted by molar-refractivity contribution is 0.176. The number of piperidine rings is 1. The molecule has 1 aromatic carbocycles. The third-order valence-electron chi connectivity index (χ3n) is 5.21. The third-order valence-corrected chi connectivity index (χ3v) is 6.25. The topological polar surface area (TPSA) is 52.6 Å². The molecular weight excluding hydrogens is 512 g/mol. The van der Waals surface area contributed by atoms with Gasteiger partial charge in [0.25, 0.3) is 0 Å². The number of hydrogen-bond donors (Lipinski definition) is 2. The molecule has 1 aliphatic heterocycles. The maximum Gasteiger partial charge on any atom is 0.191 e. The fourth-order valence-corrected chi connectivity index (χ4v) is 4.29. The number of guanidine groups is 1. The van der Waals surface area contributed by atoms with Crippen LogP contribution in [0.5, 0.6) is 0 Å². The molecule has 166 valence electrons. The summed E-state index contributed by atoms with van der Waals surface area (Å²) >= 11 is 1.77. The first-order valence-corrected chi connectivity index (χ1v) is 11.5. The van der Waals surface area contributed by atoms with Crippen LogP contribution in [0.25, 0.3) is 0 Å². The number of hydrogen-bond acceptors (Lipinski definition) is 4. The van der Waals surface area contributed by atoms with Crippen LogP contribution in [0.3, 0.4) is 0 Å². The van der Waals surface area contributed by atoms with Crippen LogP contribution in [0.15, 0.2) is 34.6 Å². The third kappa shape index (κ3) is 8.11. The Labute approximate surface area is 200 Å². The van der Waals surface area contributed by atoms with Gasteiger partial charge in [-0.25, -0.2) is 14.4 Å². The van der Waals surface area contributed by atoms with E-state index in [0.717, 1.165) is 50.7 Å². The standard InChI is InChI=1S/C22H32FN5S.HI/c1-3-21-27-20(16-29-21)15-28-10-8-17(9-11-28)13-25-22(24-4-2)26-14-18-6-5-7-19(23)12-18;/h5-7,12,16-17H,3-4,8-11,13-15H2,1-2H3,(H2,24,25,26);1H. The van der Waals surface area contributed by atoms with Crippen molar-refractivity contribution in [2.75, 3.05) is 26.2 Å². The second-order valence-electron chi connectivity index (χ2n) is 7.51. The maximum absolute atomic E-state index is 13.3. The molecule has 8 heteroatoms. The van der Waals surface area contributed by atoms with Crippen LogP contribution in [0.2, 0.25) is 0 Å². The van der Waals surface area contributed by atoms with E-state index in [1.807, 2.05) is 6.07 Å². The Balaban J connectivity index is 0.00000320. The van der Waals surface area contributed by atoms with Crippen molar-refractivity contribution in [2.45, 2.75) is 46.2 Å². The van der Waals surface area contributed by atoms with Crippen molar-refractivity contribution in [3.63, 3.8) is 0 Å². The number of halogens is 2. The van der Waals surface area contributed by atoms with Crippen LogP contribution in [-0.2, 0) is 19.5 Å². The molecule has 0 radical (unpaired) electrons. The molecule has 0 bridgehead atoms. The molecule has 0 spiro atoms. The Morgan fingerprint density at radius 3 is 2.73 bits per heavy atom. The molecular formula is C22H33FIN5S. The van der Waals surface area contributed by atoms with Crippen molar-refractivity contribution in [3.05, 3.63) is 51.7 Å². The first kappa shape index (κ1) is 25.0. The zero-order valence-corrected chi connectivity index (χ0v) is 21.0. The zero-order chi connectivity index (χ0) is 20.5. The van der Waals surface area contributed by atoms with Crippen LogP contribution in [-0.4, -0.2) is 42.0 Å². The monoisotopic (exact) mass is 545 g/mol. The first-order chi connectivity index (χ1) is 14.2. The molecule has 1 aliphatic rings. The largest absolute Gasteiger partial charge is 0.357 e. The fraction of sp³-hybridized carbons (Fsp3) is 0.545. The Morgan fingerprint density at radius 2 is 2.07 bits per heavy atom. The van der Waals surface area contributed by atoms with Gasteiger partial charge in [0, 0.05) is 25.0 Å². The number of aromatic nitrogens is 1. The molecule has 0 amide bonds. The van der Waals surface area contributed by atoms with E-state index in [9.17, 15) is 4.39 Å². The Kier molecular flexibility index (Phi) is 11.0. The molecule has 1 aromatic heterocycles. The van der Waals surface area contributed by atoms with Crippen LogP contribution >= 0.6 is 35.3 Å². The molecule has 0 saturated carbocycles. The quantitative estimate of drug-likeness (QED) is 0.293. The Bertz CT molecular complexity index is 789. The summed E-state index contributed by atoms with van der Waals surface area (Å²) in [4.78, 5) is 11.8. The van der Waals surface area contributed by atoms with Crippen molar-refractivity contribution >= 4 is 41.3 Å². The predicted octanol–water partition coefficient (Wildman–Crippen LogP) is 4.43. The summed E-state index contributed by atoms with van der Waals surface area (Å²) in [5, 5.41) is 10.2. The summed E-state index contributed by atoms with van der Waals surface area (Å²) in [5.41, 5.74) is 2.09. The predicted molar refractivity (Wildman–Crippen MR) is 134 cm³/mol. The minimum atomic E-state index is -0.217. The average Bonchev–Trinajstić information content (AvgIpc) is 3.19. The van der Waals surface area contributed by atoms with E-state index < -0.39 is 0 Å². The van der Waals surface area contributed by atoms with Gasteiger partial charge >= 0.3 is 0 Å². The van der Waals surface area contributed by atoms with Gasteiger partial charge in [0.1, 0.15) is 5.82 Å². The molecule has 1 fully saturated rings. The number of nitrogens with zero attached hydrogens (tertiary/aromatic N) is 3. The van der Waals surface area contributed by atoms with Crippen LogP contribution in [0.4, 0.5) is 4.39 Å². The van der Waals surface area contributed by atoms with E-state index in [0.29, 0.717) is 12.5 Å². The highest BCUT2D eigenvalue weighted by Crippen LogP contribution is 2.19. The average molecular weight is 546 g/mol. The van der Waals surface area contributed by atoms with Gasteiger partial charge in [-0.15, -0.1) is 35.3 Å². The maximum atomic E-state index is 13.3. The number of aryl methyl sites for hydroxylation is 1. The van der Waals surface area contributed by atoms with E-state index in [-0.39, 0.29) is 29.8 Å². The summed E-state index contributed by atoms with van der Waals surface area (Å²) in [6.45, 7) is 9.60. The number of rotatable bonds is 8. The summed E-state index contributed by atoms with van der Waals surface area (Å²) < 4.78 is 13.3. The van der Waals surface area contributed by atoms with Crippen molar-refractivity contribution in [1.29, 1.82) is 0 Å². The number of thiazole rings is 1. The Morgan fingerprint density at radius 1 is 1.27 bits per heavy atom. The summed E-state index contributed by atoms with van der Waals surface area (Å²) in [5.74, 6) is 1.23. The van der Waals surface area contributed by atoms with Gasteiger partial charge in [0.15, 0.2) is 5.96 Å². The number of aliphatic imine (C=N–C) groups is 1. The van der Waals surface area contributed by atoms with Crippen molar-refractivity contribution in [2.24, 2.45) is 10.9 Å². The van der Waals surface area contributed by atoms with Gasteiger partial charge in [-0.3, -0.25) is 4.90 Å². The van der Waals surface area contributed by atoms with E-state index >= 15 is 0 Å². The highest BCUT2D eigenvalue weighted by Gasteiger charge is 2.20. The number of likely N-dealkylation sites (tertiary alicyclic amines) is 1. The van der Waals surface area contributed by atoms with Crippen molar-refractivity contribution in [3.8, 4) is 0 Å². The molecule has 3 rings (SSSR count). The lowest BCUT2D eigenvalue weighted by Gasteiger charge is -2.31. The molecule has 5 nitrogen and oxygen atoms in total. The minimum Gasteiger partial charge on any atom is -0.357 e. The fourth-order valence-electron chi connectivity index (χ4n) is 3.55. The summed E-state index contributed by atoms with van der Waals surface area (Å²) in [6, 6.07) is 6.62. The lowest BCUT2D eigenvalue weighted by Crippen LogP contribution is -2.42. The van der Waals surface area contributed by atoms with E-state index in [2.05, 4.69) is 44.7 Å².